The highest BCUT2D eigenvalue weighted by atomic mass is 16.1. The molecule has 0 radical (unpaired) electrons. The van der Waals surface area contributed by atoms with Gasteiger partial charge in [-0.2, -0.15) is 0 Å². The van der Waals surface area contributed by atoms with E-state index in [1.165, 1.54) is 0 Å². The van der Waals surface area contributed by atoms with E-state index in [1.54, 1.807) is 0 Å². The van der Waals surface area contributed by atoms with Crippen molar-refractivity contribution in [2.75, 3.05) is 13.1 Å². The zero-order chi connectivity index (χ0) is 12.3. The van der Waals surface area contributed by atoms with E-state index in [9.17, 15) is 4.79 Å². The van der Waals surface area contributed by atoms with Crippen molar-refractivity contribution < 1.29 is 4.79 Å². The Morgan fingerprint density at radius 2 is 2.06 bits per heavy atom. The molecule has 0 aliphatic carbocycles. The fourth-order valence-electron chi connectivity index (χ4n) is 2.74. The molecule has 1 heterocycles. The largest absolute Gasteiger partial charge is 0.317 e. The zero-order valence-electron chi connectivity index (χ0n) is 10.8. The number of benzene rings is 1. The van der Waals surface area contributed by atoms with Crippen molar-refractivity contribution in [1.29, 1.82) is 0 Å². The van der Waals surface area contributed by atoms with Gasteiger partial charge in [0.15, 0.2) is 5.78 Å². The third-order valence-electron chi connectivity index (χ3n) is 4.00. The van der Waals surface area contributed by atoms with Gasteiger partial charge in [-0.25, -0.2) is 0 Å². The van der Waals surface area contributed by atoms with Crippen molar-refractivity contribution in [2.24, 2.45) is 5.41 Å². The molecular formula is C15H21NO. The number of Topliss-reactive ketones (excluding diaryl/α,β-unsaturated/α-hetero) is 1. The van der Waals surface area contributed by atoms with E-state index in [0.717, 1.165) is 43.5 Å². The number of carbonyl (C=O) groups excluding carboxylic acids is 1. The second-order valence-corrected chi connectivity index (χ2v) is 5.08. The smallest absolute Gasteiger partial charge is 0.169 e. The number of hydrogen-bond acceptors (Lipinski definition) is 2. The minimum Gasteiger partial charge on any atom is -0.317 e. The summed E-state index contributed by atoms with van der Waals surface area (Å²) < 4.78 is 0. The van der Waals surface area contributed by atoms with Crippen LogP contribution in [0.4, 0.5) is 0 Å². The Morgan fingerprint density at radius 3 is 2.65 bits per heavy atom. The average Bonchev–Trinajstić information content (AvgIpc) is 2.38. The van der Waals surface area contributed by atoms with E-state index in [2.05, 4.69) is 12.2 Å². The van der Waals surface area contributed by atoms with Crippen molar-refractivity contribution in [3.8, 4) is 0 Å². The first-order chi connectivity index (χ1) is 8.18. The fourth-order valence-corrected chi connectivity index (χ4v) is 2.74. The van der Waals surface area contributed by atoms with Gasteiger partial charge in [0.2, 0.25) is 0 Å². The van der Waals surface area contributed by atoms with Crippen LogP contribution in [0, 0.1) is 12.3 Å². The molecule has 0 amide bonds. The minimum absolute atomic E-state index is 0.126. The highest BCUT2D eigenvalue weighted by Crippen LogP contribution is 2.36. The molecule has 1 aliphatic heterocycles. The molecule has 2 nitrogen and oxygen atoms in total. The molecule has 1 saturated heterocycles. The summed E-state index contributed by atoms with van der Waals surface area (Å²) in [5.41, 5.74) is 1.92. The molecule has 0 atom stereocenters. The first kappa shape index (κ1) is 12.3. The van der Waals surface area contributed by atoms with Gasteiger partial charge >= 0.3 is 0 Å². The standard InChI is InChI=1S/C15H21NO/c1-3-15(7-9-16-10-8-15)14(17)13-6-4-5-12(2)11-13/h4-6,11,16H,3,7-10H2,1-2H3. The monoisotopic (exact) mass is 231 g/mol. The Kier molecular flexibility index (Phi) is 3.63. The summed E-state index contributed by atoms with van der Waals surface area (Å²) in [5, 5.41) is 3.34. The Labute approximate surface area is 103 Å². The lowest BCUT2D eigenvalue weighted by Crippen LogP contribution is -2.41. The molecule has 0 unspecified atom stereocenters. The molecule has 0 bridgehead atoms. The van der Waals surface area contributed by atoms with E-state index in [0.29, 0.717) is 5.78 Å². The predicted molar refractivity (Wildman–Crippen MR) is 70.3 cm³/mol. The van der Waals surface area contributed by atoms with Crippen LogP contribution in [0.25, 0.3) is 0 Å². The van der Waals surface area contributed by atoms with E-state index < -0.39 is 0 Å². The molecule has 1 aliphatic rings. The summed E-state index contributed by atoms with van der Waals surface area (Å²) in [4.78, 5) is 12.7. The molecule has 2 rings (SSSR count). The molecule has 1 aromatic rings. The molecule has 1 aromatic carbocycles. The molecule has 0 spiro atoms. The lowest BCUT2D eigenvalue weighted by atomic mass is 9.71. The quantitative estimate of drug-likeness (QED) is 0.810. The van der Waals surface area contributed by atoms with Crippen LogP contribution in [0.2, 0.25) is 0 Å². The Hall–Kier alpha value is -1.15. The van der Waals surface area contributed by atoms with Gasteiger partial charge in [-0.1, -0.05) is 30.7 Å². The summed E-state index contributed by atoms with van der Waals surface area (Å²) in [6, 6.07) is 7.99. The van der Waals surface area contributed by atoms with Gasteiger partial charge in [-0.15, -0.1) is 0 Å². The van der Waals surface area contributed by atoms with Crippen molar-refractivity contribution in [3.05, 3.63) is 35.4 Å². The molecule has 0 saturated carbocycles. The number of carbonyl (C=O) groups is 1. The number of rotatable bonds is 3. The maximum atomic E-state index is 12.7. The third kappa shape index (κ3) is 2.42. The van der Waals surface area contributed by atoms with Crippen LogP contribution in [0.15, 0.2) is 24.3 Å². The topological polar surface area (TPSA) is 29.1 Å². The van der Waals surface area contributed by atoms with Gasteiger partial charge in [0, 0.05) is 11.0 Å². The van der Waals surface area contributed by atoms with Gasteiger partial charge in [0.05, 0.1) is 0 Å². The van der Waals surface area contributed by atoms with Crippen LogP contribution in [0.1, 0.15) is 42.1 Å². The maximum absolute atomic E-state index is 12.7. The Morgan fingerprint density at radius 1 is 1.35 bits per heavy atom. The van der Waals surface area contributed by atoms with E-state index in [4.69, 9.17) is 0 Å². The first-order valence-corrected chi connectivity index (χ1v) is 6.50. The summed E-state index contributed by atoms with van der Waals surface area (Å²) in [6.45, 7) is 6.10. The normalized spacial score (nSPS) is 18.9. The number of piperidine rings is 1. The van der Waals surface area contributed by atoms with Crippen LogP contribution in [-0.4, -0.2) is 18.9 Å². The number of hydrogen-bond donors (Lipinski definition) is 1. The highest BCUT2D eigenvalue weighted by molar-refractivity contribution is 6.00. The minimum atomic E-state index is -0.126. The van der Waals surface area contributed by atoms with E-state index in [1.807, 2.05) is 31.2 Å². The van der Waals surface area contributed by atoms with Crippen LogP contribution < -0.4 is 5.32 Å². The van der Waals surface area contributed by atoms with Crippen molar-refractivity contribution >= 4 is 5.78 Å². The summed E-state index contributed by atoms with van der Waals surface area (Å²) in [5.74, 6) is 0.338. The van der Waals surface area contributed by atoms with Gasteiger partial charge in [-0.05, 0) is 45.3 Å². The van der Waals surface area contributed by atoms with Crippen LogP contribution in [0.5, 0.6) is 0 Å². The maximum Gasteiger partial charge on any atom is 0.169 e. The Bertz CT molecular complexity index is 405. The second-order valence-electron chi connectivity index (χ2n) is 5.08. The second kappa shape index (κ2) is 5.01. The van der Waals surface area contributed by atoms with Crippen LogP contribution in [0.3, 0.4) is 0 Å². The molecule has 2 heteroatoms. The van der Waals surface area contributed by atoms with Gasteiger partial charge in [0.1, 0.15) is 0 Å². The number of aryl methyl sites for hydroxylation is 1. The van der Waals surface area contributed by atoms with Gasteiger partial charge < -0.3 is 5.32 Å². The zero-order valence-corrected chi connectivity index (χ0v) is 10.8. The predicted octanol–water partition coefficient (Wildman–Crippen LogP) is 2.96. The van der Waals surface area contributed by atoms with Gasteiger partial charge in [-0.3, -0.25) is 4.79 Å². The lowest BCUT2D eigenvalue weighted by molar-refractivity contribution is 0.0717. The number of ketones is 1. The molecule has 1 fully saturated rings. The Balaban J connectivity index is 2.28. The summed E-state index contributed by atoms with van der Waals surface area (Å²) in [6.07, 6.45) is 2.88. The first-order valence-electron chi connectivity index (χ1n) is 6.50. The lowest BCUT2D eigenvalue weighted by Gasteiger charge is -2.35. The average molecular weight is 231 g/mol. The summed E-state index contributed by atoms with van der Waals surface area (Å²) >= 11 is 0. The molecular weight excluding hydrogens is 210 g/mol. The molecule has 17 heavy (non-hydrogen) atoms. The van der Waals surface area contributed by atoms with Crippen LogP contribution in [-0.2, 0) is 0 Å². The van der Waals surface area contributed by atoms with Crippen molar-refractivity contribution in [2.45, 2.75) is 33.1 Å². The van der Waals surface area contributed by atoms with Gasteiger partial charge in [0.25, 0.3) is 0 Å². The summed E-state index contributed by atoms with van der Waals surface area (Å²) in [7, 11) is 0. The number of nitrogens with one attached hydrogen (secondary N) is 1. The molecule has 1 N–H and O–H groups in total. The van der Waals surface area contributed by atoms with E-state index in [-0.39, 0.29) is 5.41 Å². The van der Waals surface area contributed by atoms with E-state index >= 15 is 0 Å². The van der Waals surface area contributed by atoms with Crippen molar-refractivity contribution in [1.82, 2.24) is 5.32 Å². The van der Waals surface area contributed by atoms with Crippen molar-refractivity contribution in [3.63, 3.8) is 0 Å². The molecule has 0 aromatic heterocycles. The van der Waals surface area contributed by atoms with Crippen LogP contribution >= 0.6 is 0 Å². The third-order valence-corrected chi connectivity index (χ3v) is 4.00. The highest BCUT2D eigenvalue weighted by Gasteiger charge is 2.37. The fraction of sp³-hybridized carbons (Fsp3) is 0.533. The SMILES string of the molecule is CCC1(C(=O)c2cccc(C)c2)CCNCC1. The molecule has 92 valence electrons.